The molecule has 8 rings (SSSR count). The second kappa shape index (κ2) is 10.00. The van der Waals surface area contributed by atoms with Gasteiger partial charge in [-0.2, -0.15) is 0 Å². The van der Waals surface area contributed by atoms with Crippen molar-refractivity contribution in [1.82, 2.24) is 19.1 Å². The van der Waals surface area contributed by atoms with Gasteiger partial charge < -0.3 is 0 Å². The molecule has 0 unspecified atom stereocenters. The Morgan fingerprint density at radius 3 is 1.98 bits per heavy atom. The molecule has 0 atom stereocenters. The van der Waals surface area contributed by atoms with Crippen LogP contribution < -0.4 is 5.69 Å². The monoisotopic (exact) mass is 584 g/mol. The van der Waals surface area contributed by atoms with Crippen LogP contribution in [0.3, 0.4) is 0 Å². The highest BCUT2D eigenvalue weighted by atomic mass is 16.1. The molecule has 0 radical (unpaired) electrons. The molecule has 2 aromatic heterocycles. The van der Waals surface area contributed by atoms with E-state index in [-0.39, 0.29) is 11.1 Å². The van der Waals surface area contributed by atoms with Crippen LogP contribution in [0.1, 0.15) is 25.0 Å². The van der Waals surface area contributed by atoms with Gasteiger partial charge in [0.05, 0.1) is 22.4 Å². The maximum absolute atomic E-state index is 12.7. The lowest BCUT2D eigenvalue weighted by Gasteiger charge is -2.24. The van der Waals surface area contributed by atoms with Gasteiger partial charge in [-0.1, -0.05) is 123 Å². The van der Waals surface area contributed by atoms with Crippen LogP contribution >= 0.6 is 0 Å². The predicted molar refractivity (Wildman–Crippen MR) is 183 cm³/mol. The summed E-state index contributed by atoms with van der Waals surface area (Å²) in [4.78, 5) is 23.0. The van der Waals surface area contributed by atoms with Crippen LogP contribution in [0, 0.1) is 0 Å². The molecule has 5 heteroatoms. The Morgan fingerprint density at radius 1 is 0.556 bits per heavy atom. The van der Waals surface area contributed by atoms with E-state index < -0.39 is 0 Å². The van der Waals surface area contributed by atoms with Crippen molar-refractivity contribution in [2.45, 2.75) is 19.3 Å². The van der Waals surface area contributed by atoms with Crippen molar-refractivity contribution in [2.24, 2.45) is 14.1 Å². The molecule has 7 aromatic rings. The van der Waals surface area contributed by atoms with Gasteiger partial charge in [-0.15, -0.1) is 0 Å². The molecule has 45 heavy (non-hydrogen) atoms. The summed E-state index contributed by atoms with van der Waals surface area (Å²) in [5.74, 6) is 0.696. The van der Waals surface area contributed by atoms with Crippen LogP contribution in [-0.4, -0.2) is 19.1 Å². The molecule has 0 saturated heterocycles. The van der Waals surface area contributed by atoms with Crippen LogP contribution in [0.15, 0.2) is 126 Å². The van der Waals surface area contributed by atoms with Gasteiger partial charge in [-0.05, 0) is 39.9 Å². The smallest absolute Gasteiger partial charge is 0.295 e. The zero-order valence-electron chi connectivity index (χ0n) is 25.7. The maximum Gasteiger partial charge on any atom is 0.328 e. The summed E-state index contributed by atoms with van der Waals surface area (Å²) in [6.07, 6.45) is 0. The second-order valence-electron chi connectivity index (χ2n) is 12.4. The summed E-state index contributed by atoms with van der Waals surface area (Å²) < 4.78 is 3.42. The second-order valence-corrected chi connectivity index (χ2v) is 12.4. The summed E-state index contributed by atoms with van der Waals surface area (Å²) in [6.45, 7) is 4.62. The summed E-state index contributed by atoms with van der Waals surface area (Å²) in [5, 5.41) is 0. The van der Waals surface area contributed by atoms with E-state index in [0.29, 0.717) is 5.82 Å². The lowest BCUT2D eigenvalue weighted by molar-refractivity contribution is 0.662. The average molecular weight is 585 g/mol. The highest BCUT2D eigenvalue weighted by Crippen LogP contribution is 2.52. The van der Waals surface area contributed by atoms with Crippen LogP contribution in [0.2, 0.25) is 0 Å². The molecule has 0 aliphatic heterocycles. The van der Waals surface area contributed by atoms with Crippen LogP contribution in [0.5, 0.6) is 0 Å². The first kappa shape index (κ1) is 27.0. The number of rotatable bonds is 4. The van der Waals surface area contributed by atoms with Crippen molar-refractivity contribution in [3.63, 3.8) is 0 Å². The van der Waals surface area contributed by atoms with E-state index in [4.69, 9.17) is 9.97 Å². The van der Waals surface area contributed by atoms with E-state index >= 15 is 0 Å². The van der Waals surface area contributed by atoms with Crippen molar-refractivity contribution in [1.29, 1.82) is 0 Å². The molecule has 0 saturated carbocycles. The third-order valence-electron chi connectivity index (χ3n) is 9.39. The van der Waals surface area contributed by atoms with E-state index in [2.05, 4.69) is 105 Å². The Balaban J connectivity index is 1.29. The number of para-hydroxylation sites is 1. The van der Waals surface area contributed by atoms with Crippen LogP contribution in [0.25, 0.3) is 67.2 Å². The molecule has 2 heterocycles. The molecule has 5 aromatic carbocycles. The quantitative estimate of drug-likeness (QED) is 0.208. The SMILES string of the molecule is Cn1c(=O)n(C)c2c(-c3ccc(-c4cc(-c5cccc6c5C(C)(C)c5ccccc5-6)nc(-c5ccccc5)n4)cc3)cccc21. The lowest BCUT2D eigenvalue weighted by Crippen LogP contribution is -2.19. The van der Waals surface area contributed by atoms with E-state index in [1.165, 1.54) is 22.3 Å². The van der Waals surface area contributed by atoms with Gasteiger partial charge in [0.2, 0.25) is 0 Å². The normalized spacial score (nSPS) is 13.2. The number of nitrogens with zero attached hydrogens (tertiary/aromatic N) is 4. The minimum absolute atomic E-state index is 0.0327. The number of hydrogen-bond donors (Lipinski definition) is 0. The Morgan fingerprint density at radius 2 is 1.18 bits per heavy atom. The standard InChI is InChI=1S/C40H32N4O/c1-40(2)32-18-9-8-14-29(32)30-16-10-17-31(36(30)40)34-24-33(41-38(42-34)27-12-6-5-7-13-27)26-22-20-25(21-23-26)28-15-11-19-35-37(28)44(4)39(45)43(35)3/h5-24H,1-4H3. The number of aryl methyl sites for hydroxylation is 2. The van der Waals surface area contributed by atoms with Gasteiger partial charge >= 0.3 is 5.69 Å². The number of imidazole rings is 1. The molecule has 1 aliphatic carbocycles. The first-order chi connectivity index (χ1) is 21.8. The Kier molecular flexibility index (Phi) is 6.00. The molecule has 0 fully saturated rings. The zero-order valence-corrected chi connectivity index (χ0v) is 25.7. The topological polar surface area (TPSA) is 52.7 Å². The number of benzene rings is 5. The van der Waals surface area contributed by atoms with Crippen LogP contribution in [0.4, 0.5) is 0 Å². The molecule has 5 nitrogen and oxygen atoms in total. The summed E-state index contributed by atoms with van der Waals surface area (Å²) >= 11 is 0. The van der Waals surface area contributed by atoms with Gasteiger partial charge in [0.15, 0.2) is 5.82 Å². The Labute approximate surface area is 262 Å². The minimum atomic E-state index is -0.166. The minimum Gasteiger partial charge on any atom is -0.295 e. The number of hydrogen-bond acceptors (Lipinski definition) is 3. The first-order valence-electron chi connectivity index (χ1n) is 15.3. The maximum atomic E-state index is 12.7. The van der Waals surface area contributed by atoms with Crippen molar-refractivity contribution in [2.75, 3.05) is 0 Å². The van der Waals surface area contributed by atoms with Gasteiger partial charge in [-0.25, -0.2) is 14.8 Å². The third-order valence-corrected chi connectivity index (χ3v) is 9.39. The predicted octanol–water partition coefficient (Wildman–Crippen LogP) is 8.64. The number of aromatic nitrogens is 4. The van der Waals surface area contributed by atoms with E-state index in [9.17, 15) is 4.79 Å². The van der Waals surface area contributed by atoms with Crippen molar-refractivity contribution in [3.05, 3.63) is 143 Å². The molecular formula is C40H32N4O. The molecule has 1 aliphatic rings. The highest BCUT2D eigenvalue weighted by Gasteiger charge is 2.37. The largest absolute Gasteiger partial charge is 0.328 e. The molecule has 0 spiro atoms. The fourth-order valence-electron chi connectivity index (χ4n) is 7.14. The summed E-state index contributed by atoms with van der Waals surface area (Å²) in [6, 6.07) is 42.1. The zero-order chi connectivity index (χ0) is 30.9. The average Bonchev–Trinajstić information content (AvgIpc) is 3.46. The fourth-order valence-corrected chi connectivity index (χ4v) is 7.14. The first-order valence-corrected chi connectivity index (χ1v) is 15.3. The Bertz CT molecular complexity index is 2330. The highest BCUT2D eigenvalue weighted by molar-refractivity contribution is 5.93. The van der Waals surface area contributed by atoms with E-state index in [0.717, 1.165) is 50.2 Å². The van der Waals surface area contributed by atoms with Gasteiger partial charge in [-0.3, -0.25) is 9.13 Å². The Hall–Kier alpha value is -5.55. The van der Waals surface area contributed by atoms with Crippen molar-refractivity contribution >= 4 is 11.0 Å². The van der Waals surface area contributed by atoms with Gasteiger partial charge in [0.25, 0.3) is 0 Å². The summed E-state index contributed by atoms with van der Waals surface area (Å²) in [7, 11) is 3.65. The van der Waals surface area contributed by atoms with Crippen LogP contribution in [-0.2, 0) is 19.5 Å². The molecule has 0 amide bonds. The van der Waals surface area contributed by atoms with Crippen molar-refractivity contribution in [3.8, 4) is 56.2 Å². The molecular weight excluding hydrogens is 552 g/mol. The van der Waals surface area contributed by atoms with Gasteiger partial charge in [0.1, 0.15) is 0 Å². The van der Waals surface area contributed by atoms with E-state index in [1.807, 2.05) is 44.4 Å². The van der Waals surface area contributed by atoms with Crippen molar-refractivity contribution < 1.29 is 0 Å². The fraction of sp³-hybridized carbons (Fsp3) is 0.125. The lowest BCUT2D eigenvalue weighted by atomic mass is 9.79. The van der Waals surface area contributed by atoms with Gasteiger partial charge in [0, 0.05) is 41.8 Å². The summed E-state index contributed by atoms with van der Waals surface area (Å²) in [5.41, 5.74) is 13.8. The molecule has 218 valence electrons. The third kappa shape index (κ3) is 4.11. The molecule has 0 N–H and O–H groups in total. The molecule has 0 bridgehead atoms. The van der Waals surface area contributed by atoms with E-state index in [1.54, 1.807) is 9.13 Å². The number of fused-ring (bicyclic) bond motifs is 4.